The van der Waals surface area contributed by atoms with Crippen molar-refractivity contribution in [2.75, 3.05) is 5.73 Å². The Labute approximate surface area is 171 Å². The molecule has 1 aromatic heterocycles. The van der Waals surface area contributed by atoms with Gasteiger partial charge in [-0.05, 0) is 44.5 Å². The summed E-state index contributed by atoms with van der Waals surface area (Å²) in [4.78, 5) is 4.51. The van der Waals surface area contributed by atoms with Gasteiger partial charge in [0.25, 0.3) is 0 Å². The number of nitrogens with two attached hydrogens (primary N) is 1. The van der Waals surface area contributed by atoms with Gasteiger partial charge in [-0.1, -0.05) is 42.5 Å². The first-order chi connectivity index (χ1) is 13.6. The topological polar surface area (TPSA) is 109 Å². The van der Waals surface area contributed by atoms with Crippen molar-refractivity contribution in [2.45, 2.75) is 31.2 Å². The zero-order valence-corrected chi connectivity index (χ0v) is 17.3. The van der Waals surface area contributed by atoms with Gasteiger partial charge in [0.05, 0.1) is 10.6 Å². The van der Waals surface area contributed by atoms with Gasteiger partial charge < -0.3 is 5.73 Å². The molecule has 0 unspecified atom stereocenters. The summed E-state index contributed by atoms with van der Waals surface area (Å²) in [5, 5.41) is 9.50. The van der Waals surface area contributed by atoms with Crippen LogP contribution in [0.3, 0.4) is 0 Å². The second kappa shape index (κ2) is 7.66. The lowest BCUT2D eigenvalue weighted by Crippen LogP contribution is -2.40. The van der Waals surface area contributed by atoms with E-state index in [-0.39, 0.29) is 10.7 Å². The van der Waals surface area contributed by atoms with Crippen molar-refractivity contribution in [3.05, 3.63) is 66.2 Å². The molecular formula is C22H22N4O2S. The summed E-state index contributed by atoms with van der Waals surface area (Å²) in [7, 11) is -3.63. The van der Waals surface area contributed by atoms with Crippen LogP contribution >= 0.6 is 0 Å². The number of aromatic nitrogens is 1. The van der Waals surface area contributed by atoms with E-state index in [0.717, 1.165) is 5.56 Å². The lowest BCUT2D eigenvalue weighted by molar-refractivity contribution is 0.491. The van der Waals surface area contributed by atoms with E-state index < -0.39 is 15.6 Å². The van der Waals surface area contributed by atoms with Crippen LogP contribution in [0.2, 0.25) is 0 Å². The zero-order valence-electron chi connectivity index (χ0n) is 16.5. The lowest BCUT2D eigenvalue weighted by atomic mass is 9.98. The minimum atomic E-state index is -3.63. The molecule has 1 heterocycles. The van der Waals surface area contributed by atoms with Crippen molar-refractivity contribution in [2.24, 2.45) is 0 Å². The third kappa shape index (κ3) is 4.62. The number of hydrogen-bond acceptors (Lipinski definition) is 5. The molecule has 0 amide bonds. The number of pyridine rings is 1. The van der Waals surface area contributed by atoms with Crippen LogP contribution < -0.4 is 10.5 Å². The minimum absolute atomic E-state index is 0.134. The van der Waals surface area contributed by atoms with E-state index in [9.17, 15) is 13.7 Å². The average Bonchev–Trinajstić information content (AvgIpc) is 2.66. The van der Waals surface area contributed by atoms with Crippen molar-refractivity contribution < 1.29 is 8.42 Å². The fourth-order valence-electron chi connectivity index (χ4n) is 2.94. The van der Waals surface area contributed by atoms with Crippen molar-refractivity contribution >= 4 is 15.8 Å². The molecule has 0 atom stereocenters. The lowest BCUT2D eigenvalue weighted by Gasteiger charge is -2.20. The number of nitriles is 1. The first-order valence-corrected chi connectivity index (χ1v) is 10.5. The number of hydrogen-bond donors (Lipinski definition) is 2. The van der Waals surface area contributed by atoms with E-state index in [1.165, 1.54) is 12.1 Å². The van der Waals surface area contributed by atoms with Crippen LogP contribution in [-0.2, 0) is 10.0 Å². The molecule has 0 radical (unpaired) electrons. The Morgan fingerprint density at radius 1 is 1.00 bits per heavy atom. The molecule has 0 saturated carbocycles. The summed E-state index contributed by atoms with van der Waals surface area (Å²) in [5.74, 6) is 0.134. The van der Waals surface area contributed by atoms with Gasteiger partial charge in [0.15, 0.2) is 0 Å². The van der Waals surface area contributed by atoms with Crippen LogP contribution in [0.4, 0.5) is 5.82 Å². The fourth-order valence-corrected chi connectivity index (χ4v) is 4.36. The second-order valence-corrected chi connectivity index (χ2v) is 9.36. The Kier molecular flexibility index (Phi) is 5.42. The van der Waals surface area contributed by atoms with Crippen LogP contribution in [0.5, 0.6) is 0 Å². The van der Waals surface area contributed by atoms with E-state index in [2.05, 4.69) is 15.8 Å². The van der Waals surface area contributed by atoms with E-state index >= 15 is 0 Å². The Hall–Kier alpha value is -3.21. The van der Waals surface area contributed by atoms with E-state index in [4.69, 9.17) is 5.73 Å². The van der Waals surface area contributed by atoms with Gasteiger partial charge in [-0.15, -0.1) is 0 Å². The minimum Gasteiger partial charge on any atom is -0.383 e. The molecule has 0 bridgehead atoms. The number of nitrogens with one attached hydrogen (secondary N) is 1. The normalized spacial score (nSPS) is 11.8. The molecule has 0 aliphatic heterocycles. The van der Waals surface area contributed by atoms with Gasteiger partial charge in [0, 0.05) is 16.7 Å². The zero-order chi connectivity index (χ0) is 21.2. The molecule has 6 nitrogen and oxygen atoms in total. The standard InChI is InChI=1S/C22H22N4O2S/c1-22(2,3)26-29(27,28)17-11-9-16(10-12-17)20-13-18(15-7-5-4-6-8-15)19(14-23)21(24)25-20/h4-13,26H,1-3H3,(H2,24,25). The maximum atomic E-state index is 12.5. The van der Waals surface area contributed by atoms with Crippen molar-refractivity contribution in [3.63, 3.8) is 0 Å². The highest BCUT2D eigenvalue weighted by atomic mass is 32.2. The number of sulfonamides is 1. The van der Waals surface area contributed by atoms with Crippen LogP contribution in [0.1, 0.15) is 26.3 Å². The molecule has 0 spiro atoms. The van der Waals surface area contributed by atoms with Gasteiger partial charge in [-0.2, -0.15) is 5.26 Å². The number of rotatable bonds is 4. The summed E-state index contributed by atoms with van der Waals surface area (Å²) >= 11 is 0. The van der Waals surface area contributed by atoms with Crippen LogP contribution in [0, 0.1) is 11.3 Å². The van der Waals surface area contributed by atoms with Crippen molar-refractivity contribution in [1.29, 1.82) is 5.26 Å². The molecule has 29 heavy (non-hydrogen) atoms. The molecule has 3 rings (SSSR count). The molecule has 0 fully saturated rings. The first-order valence-electron chi connectivity index (χ1n) is 9.01. The maximum Gasteiger partial charge on any atom is 0.241 e. The quantitative estimate of drug-likeness (QED) is 0.682. The Morgan fingerprint density at radius 2 is 1.62 bits per heavy atom. The molecule has 2 aromatic carbocycles. The monoisotopic (exact) mass is 406 g/mol. The smallest absolute Gasteiger partial charge is 0.241 e. The van der Waals surface area contributed by atoms with Gasteiger partial charge >= 0.3 is 0 Å². The van der Waals surface area contributed by atoms with Gasteiger partial charge in [0.1, 0.15) is 17.5 Å². The molecule has 3 N–H and O–H groups in total. The summed E-state index contributed by atoms with van der Waals surface area (Å²) in [6, 6.07) is 19.8. The van der Waals surface area contributed by atoms with Crippen molar-refractivity contribution in [1.82, 2.24) is 9.71 Å². The first kappa shape index (κ1) is 20.5. The third-order valence-electron chi connectivity index (χ3n) is 4.14. The SMILES string of the molecule is CC(C)(C)NS(=O)(=O)c1ccc(-c2cc(-c3ccccc3)c(C#N)c(N)n2)cc1. The molecule has 148 valence electrons. The highest BCUT2D eigenvalue weighted by Crippen LogP contribution is 2.31. The number of nitrogen functional groups attached to an aromatic ring is 1. The number of anilines is 1. The van der Waals surface area contributed by atoms with E-state index in [0.29, 0.717) is 22.4 Å². The van der Waals surface area contributed by atoms with Gasteiger partial charge in [0.2, 0.25) is 10.0 Å². The van der Waals surface area contributed by atoms with Crippen LogP contribution in [0.25, 0.3) is 22.4 Å². The molecule has 0 aliphatic carbocycles. The highest BCUT2D eigenvalue weighted by molar-refractivity contribution is 7.89. The molecule has 0 aliphatic rings. The summed E-state index contributed by atoms with van der Waals surface area (Å²) in [6.45, 7) is 5.36. The van der Waals surface area contributed by atoms with Gasteiger partial charge in [-0.25, -0.2) is 18.1 Å². The van der Waals surface area contributed by atoms with Crippen molar-refractivity contribution in [3.8, 4) is 28.5 Å². The highest BCUT2D eigenvalue weighted by Gasteiger charge is 2.22. The summed E-state index contributed by atoms with van der Waals surface area (Å²) in [6.07, 6.45) is 0. The number of nitrogens with zero attached hydrogens (tertiary/aromatic N) is 2. The molecule has 3 aromatic rings. The predicted octanol–water partition coefficient (Wildman–Crippen LogP) is 3.95. The van der Waals surface area contributed by atoms with Gasteiger partial charge in [-0.3, -0.25) is 0 Å². The van der Waals surface area contributed by atoms with Crippen LogP contribution in [-0.4, -0.2) is 18.9 Å². The van der Waals surface area contributed by atoms with E-state index in [1.54, 1.807) is 39.0 Å². The van der Waals surface area contributed by atoms with E-state index in [1.807, 2.05) is 30.3 Å². The maximum absolute atomic E-state index is 12.5. The Bertz CT molecular complexity index is 1170. The average molecular weight is 407 g/mol. The Balaban J connectivity index is 2.04. The Morgan fingerprint density at radius 3 is 2.17 bits per heavy atom. The largest absolute Gasteiger partial charge is 0.383 e. The van der Waals surface area contributed by atoms with Crippen LogP contribution in [0.15, 0.2) is 65.6 Å². The summed E-state index contributed by atoms with van der Waals surface area (Å²) in [5.41, 5.74) is 8.57. The number of benzene rings is 2. The summed E-state index contributed by atoms with van der Waals surface area (Å²) < 4.78 is 27.6. The predicted molar refractivity (Wildman–Crippen MR) is 114 cm³/mol. The molecule has 7 heteroatoms. The third-order valence-corrected chi connectivity index (χ3v) is 5.92. The molecule has 0 saturated heterocycles. The second-order valence-electron chi connectivity index (χ2n) is 7.67. The molecular weight excluding hydrogens is 384 g/mol. The fraction of sp³-hybridized carbons (Fsp3) is 0.182.